The number of rotatable bonds is 6. The molecule has 0 N–H and O–H groups in total. The standard InChI is InChI=1S/C60H38N2O/c1-3-21-41(22-4-1)61(55-35-39-19-7-9-25-43(39)45-27-11-13-29-47(45)55)57-37-53-54-38-58(50-32-16-18-34-52(50)60(54)63-59(53)51-33-17-15-31-49(51)57)62(42-23-5-2-6-24-42)56-36-40-20-8-10-26-44(40)46-28-12-14-30-48(46)56/h1-38H. The van der Waals surface area contributed by atoms with Crippen molar-refractivity contribution in [3.63, 3.8) is 0 Å². The molecule has 3 nitrogen and oxygen atoms in total. The summed E-state index contributed by atoms with van der Waals surface area (Å²) < 4.78 is 7.19. The summed E-state index contributed by atoms with van der Waals surface area (Å²) in [5.41, 5.74) is 8.34. The number of para-hydroxylation sites is 2. The molecule has 13 aromatic rings. The van der Waals surface area contributed by atoms with Gasteiger partial charge in [-0.1, -0.05) is 182 Å². The maximum atomic E-state index is 7.19. The Labute approximate surface area is 363 Å². The number of fused-ring (bicyclic) bond motifs is 13. The number of furan rings is 1. The van der Waals surface area contributed by atoms with Gasteiger partial charge >= 0.3 is 0 Å². The summed E-state index contributed by atoms with van der Waals surface area (Å²) in [5.74, 6) is 0. The minimum absolute atomic E-state index is 0.880. The van der Waals surface area contributed by atoms with Gasteiger partial charge in [-0.25, -0.2) is 0 Å². The Morgan fingerprint density at radius 2 is 0.508 bits per heavy atom. The third-order valence-corrected chi connectivity index (χ3v) is 12.9. The minimum Gasteiger partial charge on any atom is -0.455 e. The van der Waals surface area contributed by atoms with Gasteiger partial charge in [-0.05, 0) is 80.8 Å². The first-order valence-electron chi connectivity index (χ1n) is 21.6. The minimum atomic E-state index is 0.880. The molecule has 294 valence electrons. The van der Waals surface area contributed by atoms with E-state index in [0.29, 0.717) is 0 Å². The highest BCUT2D eigenvalue weighted by atomic mass is 16.3. The first-order chi connectivity index (χ1) is 31.3. The molecule has 13 rings (SSSR count). The molecule has 0 spiro atoms. The molecule has 0 aliphatic heterocycles. The van der Waals surface area contributed by atoms with Crippen LogP contribution in [0, 0.1) is 0 Å². The lowest BCUT2D eigenvalue weighted by Gasteiger charge is -2.29. The van der Waals surface area contributed by atoms with Crippen molar-refractivity contribution >= 4 is 121 Å². The van der Waals surface area contributed by atoms with Crippen molar-refractivity contribution in [1.29, 1.82) is 0 Å². The molecule has 3 heteroatoms. The average molecular weight is 803 g/mol. The van der Waals surface area contributed by atoms with E-state index in [1.165, 1.54) is 43.1 Å². The van der Waals surface area contributed by atoms with Crippen LogP contribution in [0.25, 0.3) is 86.6 Å². The Morgan fingerprint density at radius 3 is 0.905 bits per heavy atom. The lowest BCUT2D eigenvalue weighted by molar-refractivity contribution is 0.676. The topological polar surface area (TPSA) is 19.6 Å². The molecule has 0 saturated heterocycles. The van der Waals surface area contributed by atoms with Crippen molar-refractivity contribution in [2.45, 2.75) is 0 Å². The molecule has 0 atom stereocenters. The quantitative estimate of drug-likeness (QED) is 0.156. The first kappa shape index (κ1) is 35.4. The van der Waals surface area contributed by atoms with Gasteiger partial charge in [-0.3, -0.25) is 0 Å². The van der Waals surface area contributed by atoms with Gasteiger partial charge in [-0.15, -0.1) is 0 Å². The fraction of sp³-hybridized carbons (Fsp3) is 0. The van der Waals surface area contributed by atoms with Crippen LogP contribution in [-0.4, -0.2) is 0 Å². The largest absolute Gasteiger partial charge is 0.455 e. The van der Waals surface area contributed by atoms with E-state index in [-0.39, 0.29) is 0 Å². The predicted molar refractivity (Wildman–Crippen MR) is 268 cm³/mol. The number of benzene rings is 12. The molecule has 0 unspecified atom stereocenters. The summed E-state index contributed by atoms with van der Waals surface area (Å²) in [6.07, 6.45) is 0. The van der Waals surface area contributed by atoms with Crippen molar-refractivity contribution in [1.82, 2.24) is 0 Å². The van der Waals surface area contributed by atoms with Crippen molar-refractivity contribution in [3.8, 4) is 0 Å². The Balaban J connectivity index is 1.15. The van der Waals surface area contributed by atoms with Gasteiger partial charge < -0.3 is 14.2 Å². The van der Waals surface area contributed by atoms with E-state index in [2.05, 4.69) is 240 Å². The summed E-state index contributed by atoms with van der Waals surface area (Å²) in [5, 5.41) is 16.2. The van der Waals surface area contributed by atoms with E-state index < -0.39 is 0 Å². The van der Waals surface area contributed by atoms with Crippen LogP contribution >= 0.6 is 0 Å². The third-order valence-electron chi connectivity index (χ3n) is 12.9. The molecule has 0 fully saturated rings. The molecule has 0 aliphatic rings. The lowest BCUT2D eigenvalue weighted by Crippen LogP contribution is -2.11. The van der Waals surface area contributed by atoms with Gasteiger partial charge in [-0.2, -0.15) is 0 Å². The number of hydrogen-bond acceptors (Lipinski definition) is 3. The second-order valence-electron chi connectivity index (χ2n) is 16.4. The van der Waals surface area contributed by atoms with E-state index in [4.69, 9.17) is 4.42 Å². The van der Waals surface area contributed by atoms with Crippen LogP contribution in [-0.2, 0) is 0 Å². The Morgan fingerprint density at radius 1 is 0.222 bits per heavy atom. The summed E-state index contributed by atoms with van der Waals surface area (Å²) in [4.78, 5) is 4.91. The maximum absolute atomic E-state index is 7.19. The van der Waals surface area contributed by atoms with E-state index >= 15 is 0 Å². The van der Waals surface area contributed by atoms with Gasteiger partial charge in [0.1, 0.15) is 11.2 Å². The summed E-state index contributed by atoms with van der Waals surface area (Å²) in [7, 11) is 0. The van der Waals surface area contributed by atoms with Gasteiger partial charge in [0.25, 0.3) is 0 Å². The molecule has 0 saturated carbocycles. The SMILES string of the molecule is c1ccc(N(c2cc3ccccc3c3ccccc23)c2cc3c4cc(N(c5ccccc5)c5cc6ccccc6c6ccccc56)c5ccccc5c4oc3c3ccccc23)cc1. The van der Waals surface area contributed by atoms with Crippen LogP contribution in [0.2, 0.25) is 0 Å². The zero-order valence-electron chi connectivity index (χ0n) is 34.2. The van der Waals surface area contributed by atoms with Gasteiger partial charge in [0, 0.05) is 54.5 Å². The third kappa shape index (κ3) is 5.46. The van der Waals surface area contributed by atoms with Crippen molar-refractivity contribution in [3.05, 3.63) is 231 Å². The maximum Gasteiger partial charge on any atom is 0.143 e. The predicted octanol–water partition coefficient (Wildman–Crippen LogP) is 17.4. The van der Waals surface area contributed by atoms with E-state index in [9.17, 15) is 0 Å². The Hall–Kier alpha value is -8.40. The number of anilines is 6. The van der Waals surface area contributed by atoms with E-state index in [0.717, 1.165) is 77.6 Å². The highest BCUT2D eigenvalue weighted by molar-refractivity contribution is 6.27. The monoisotopic (exact) mass is 802 g/mol. The summed E-state index contributed by atoms with van der Waals surface area (Å²) in [6.45, 7) is 0. The van der Waals surface area contributed by atoms with E-state index in [1.54, 1.807) is 0 Å². The molecule has 0 bridgehead atoms. The average Bonchev–Trinajstić information content (AvgIpc) is 3.74. The fourth-order valence-corrected chi connectivity index (χ4v) is 10.2. The first-order valence-corrected chi connectivity index (χ1v) is 21.6. The smallest absolute Gasteiger partial charge is 0.143 e. The molecule has 12 aromatic carbocycles. The normalized spacial score (nSPS) is 11.8. The molecule has 1 heterocycles. The van der Waals surface area contributed by atoms with E-state index in [1.807, 2.05) is 0 Å². The molecule has 63 heavy (non-hydrogen) atoms. The van der Waals surface area contributed by atoms with Crippen LogP contribution in [0.4, 0.5) is 34.1 Å². The highest BCUT2D eigenvalue weighted by Crippen LogP contribution is 2.51. The van der Waals surface area contributed by atoms with Crippen LogP contribution in [0.5, 0.6) is 0 Å². The highest BCUT2D eigenvalue weighted by Gasteiger charge is 2.26. The molecular weight excluding hydrogens is 765 g/mol. The summed E-state index contributed by atoms with van der Waals surface area (Å²) >= 11 is 0. The van der Waals surface area contributed by atoms with Gasteiger partial charge in [0.15, 0.2) is 0 Å². The van der Waals surface area contributed by atoms with Gasteiger partial charge in [0.05, 0.1) is 22.7 Å². The second-order valence-corrected chi connectivity index (χ2v) is 16.4. The zero-order chi connectivity index (χ0) is 41.4. The summed E-state index contributed by atoms with van der Waals surface area (Å²) in [6, 6.07) is 83.5. The van der Waals surface area contributed by atoms with Crippen LogP contribution in [0.15, 0.2) is 235 Å². The second kappa shape index (κ2) is 14.1. The lowest BCUT2D eigenvalue weighted by atomic mass is 9.96. The van der Waals surface area contributed by atoms with Crippen LogP contribution in [0.3, 0.4) is 0 Å². The molecule has 0 radical (unpaired) electrons. The molecule has 1 aromatic heterocycles. The van der Waals surface area contributed by atoms with Crippen molar-refractivity contribution in [2.75, 3.05) is 9.80 Å². The van der Waals surface area contributed by atoms with Crippen molar-refractivity contribution < 1.29 is 4.42 Å². The van der Waals surface area contributed by atoms with Gasteiger partial charge in [0.2, 0.25) is 0 Å². The van der Waals surface area contributed by atoms with Crippen LogP contribution < -0.4 is 9.80 Å². The number of hydrogen-bond donors (Lipinski definition) is 0. The molecule has 0 aliphatic carbocycles. The molecule has 0 amide bonds. The molecular formula is C60H38N2O. The zero-order valence-corrected chi connectivity index (χ0v) is 34.2. The Kier molecular flexibility index (Phi) is 7.91. The number of nitrogens with zero attached hydrogens (tertiary/aromatic N) is 2. The fourth-order valence-electron chi connectivity index (χ4n) is 10.2. The van der Waals surface area contributed by atoms with Crippen LogP contribution in [0.1, 0.15) is 0 Å². The van der Waals surface area contributed by atoms with Crippen molar-refractivity contribution in [2.24, 2.45) is 0 Å². The Bertz CT molecular complexity index is 3670.